The van der Waals surface area contributed by atoms with Crippen molar-refractivity contribution in [2.45, 2.75) is 45.3 Å². The van der Waals surface area contributed by atoms with Gasteiger partial charge in [0, 0.05) is 6.04 Å². The van der Waals surface area contributed by atoms with E-state index in [4.69, 9.17) is 9.47 Å². The molecule has 2 unspecified atom stereocenters. The van der Waals surface area contributed by atoms with Gasteiger partial charge in [0.1, 0.15) is 5.60 Å². The maximum atomic E-state index is 12.0. The van der Waals surface area contributed by atoms with Gasteiger partial charge in [0.2, 0.25) is 0 Å². The van der Waals surface area contributed by atoms with Crippen molar-refractivity contribution in [3.8, 4) is 0 Å². The van der Waals surface area contributed by atoms with Gasteiger partial charge in [0.05, 0.1) is 12.5 Å². The molecule has 0 aliphatic carbocycles. The standard InChI is InChI=1S/C17H23NO4/c1-17(2,3)22-16(20)18-14(13-9-10-21-15(13)19)11-12-7-5-4-6-8-12/h4-8,13-14H,9-11H2,1-3H3,(H,18,20). The van der Waals surface area contributed by atoms with E-state index in [1.807, 2.05) is 51.1 Å². The molecule has 1 amide bonds. The lowest BCUT2D eigenvalue weighted by molar-refractivity contribution is -0.141. The maximum absolute atomic E-state index is 12.0. The minimum Gasteiger partial charge on any atom is -0.465 e. The molecule has 1 N–H and O–H groups in total. The van der Waals surface area contributed by atoms with Crippen LogP contribution in [0.1, 0.15) is 32.8 Å². The summed E-state index contributed by atoms with van der Waals surface area (Å²) in [6.45, 7) is 5.83. The van der Waals surface area contributed by atoms with E-state index in [-0.39, 0.29) is 17.9 Å². The molecule has 1 aromatic rings. The lowest BCUT2D eigenvalue weighted by Gasteiger charge is -2.25. The monoisotopic (exact) mass is 305 g/mol. The van der Waals surface area contributed by atoms with E-state index in [1.54, 1.807) is 0 Å². The van der Waals surface area contributed by atoms with Crippen molar-refractivity contribution in [3.63, 3.8) is 0 Å². The molecule has 22 heavy (non-hydrogen) atoms. The van der Waals surface area contributed by atoms with Crippen LogP contribution in [0.4, 0.5) is 4.79 Å². The first-order valence-corrected chi connectivity index (χ1v) is 7.55. The number of nitrogens with one attached hydrogen (secondary N) is 1. The molecule has 1 heterocycles. The van der Waals surface area contributed by atoms with E-state index in [9.17, 15) is 9.59 Å². The fourth-order valence-corrected chi connectivity index (χ4v) is 2.50. The predicted molar refractivity (Wildman–Crippen MR) is 82.4 cm³/mol. The highest BCUT2D eigenvalue weighted by Crippen LogP contribution is 2.22. The van der Waals surface area contributed by atoms with Crippen LogP contribution in [0.15, 0.2) is 30.3 Å². The summed E-state index contributed by atoms with van der Waals surface area (Å²) in [5, 5.41) is 2.83. The molecule has 1 aromatic carbocycles. The van der Waals surface area contributed by atoms with Crippen LogP contribution in [-0.4, -0.2) is 30.3 Å². The molecule has 2 rings (SSSR count). The van der Waals surface area contributed by atoms with Crippen molar-refractivity contribution >= 4 is 12.1 Å². The van der Waals surface area contributed by atoms with Crippen LogP contribution < -0.4 is 5.32 Å². The smallest absolute Gasteiger partial charge is 0.407 e. The Hall–Kier alpha value is -2.04. The minimum atomic E-state index is -0.572. The molecule has 0 bridgehead atoms. The van der Waals surface area contributed by atoms with Crippen LogP contribution in [0.3, 0.4) is 0 Å². The van der Waals surface area contributed by atoms with Gasteiger partial charge < -0.3 is 14.8 Å². The van der Waals surface area contributed by atoms with Crippen LogP contribution in [0.5, 0.6) is 0 Å². The molecule has 1 fully saturated rings. The molecule has 120 valence electrons. The second-order valence-corrected chi connectivity index (χ2v) is 6.51. The Labute approximate surface area is 131 Å². The summed E-state index contributed by atoms with van der Waals surface area (Å²) in [6.07, 6.45) is 0.680. The fraction of sp³-hybridized carbons (Fsp3) is 0.529. The Kier molecular flexibility index (Phi) is 5.06. The fourth-order valence-electron chi connectivity index (χ4n) is 2.50. The van der Waals surface area contributed by atoms with Gasteiger partial charge in [-0.1, -0.05) is 30.3 Å². The summed E-state index contributed by atoms with van der Waals surface area (Å²) in [6, 6.07) is 9.43. The molecule has 1 saturated heterocycles. The van der Waals surface area contributed by atoms with E-state index in [2.05, 4.69) is 5.32 Å². The van der Waals surface area contributed by atoms with Gasteiger partial charge in [-0.15, -0.1) is 0 Å². The van der Waals surface area contributed by atoms with E-state index in [0.717, 1.165) is 5.56 Å². The summed E-state index contributed by atoms with van der Waals surface area (Å²) in [7, 11) is 0. The van der Waals surface area contributed by atoms with Gasteiger partial charge in [0.15, 0.2) is 0 Å². The second-order valence-electron chi connectivity index (χ2n) is 6.51. The lowest BCUT2D eigenvalue weighted by atomic mass is 9.92. The molecule has 0 spiro atoms. The van der Waals surface area contributed by atoms with Crippen LogP contribution >= 0.6 is 0 Å². The van der Waals surface area contributed by atoms with Crippen molar-refractivity contribution < 1.29 is 19.1 Å². The summed E-state index contributed by atoms with van der Waals surface area (Å²) >= 11 is 0. The highest BCUT2D eigenvalue weighted by molar-refractivity contribution is 5.76. The number of rotatable bonds is 4. The highest BCUT2D eigenvalue weighted by atomic mass is 16.6. The number of carbonyl (C=O) groups is 2. The summed E-state index contributed by atoms with van der Waals surface area (Å²) in [5.41, 5.74) is 0.487. The number of hydrogen-bond acceptors (Lipinski definition) is 4. The zero-order chi connectivity index (χ0) is 16.2. The van der Waals surface area contributed by atoms with Crippen molar-refractivity contribution in [1.29, 1.82) is 0 Å². The molecule has 2 atom stereocenters. The second kappa shape index (κ2) is 6.81. The first kappa shape index (κ1) is 16.3. The molecular formula is C17H23NO4. The Bertz CT molecular complexity index is 521. The van der Waals surface area contributed by atoms with Crippen LogP contribution in [0.2, 0.25) is 0 Å². The average molecular weight is 305 g/mol. The molecule has 5 nitrogen and oxygen atoms in total. The molecule has 5 heteroatoms. The summed E-state index contributed by atoms with van der Waals surface area (Å²) in [5.74, 6) is -0.579. The topological polar surface area (TPSA) is 64.6 Å². The Balaban J connectivity index is 2.08. The van der Waals surface area contributed by atoms with Gasteiger partial charge in [-0.2, -0.15) is 0 Å². The molecule has 1 aliphatic rings. The number of benzene rings is 1. The number of cyclic esters (lactones) is 1. The Morgan fingerprint density at radius 2 is 2.05 bits per heavy atom. The Morgan fingerprint density at radius 3 is 2.59 bits per heavy atom. The van der Waals surface area contributed by atoms with Crippen LogP contribution in [0.25, 0.3) is 0 Å². The van der Waals surface area contributed by atoms with Gasteiger partial charge in [-0.05, 0) is 39.2 Å². The van der Waals surface area contributed by atoms with E-state index >= 15 is 0 Å². The molecule has 0 radical (unpaired) electrons. The SMILES string of the molecule is CC(C)(C)OC(=O)NC(Cc1ccccc1)C1CCOC1=O. The quantitative estimate of drug-likeness (QED) is 0.869. The largest absolute Gasteiger partial charge is 0.465 e. The summed E-state index contributed by atoms with van der Waals surface area (Å²) < 4.78 is 10.3. The molecule has 1 aliphatic heterocycles. The zero-order valence-electron chi connectivity index (χ0n) is 13.3. The Morgan fingerprint density at radius 1 is 1.36 bits per heavy atom. The van der Waals surface area contributed by atoms with Crippen molar-refractivity contribution in [2.75, 3.05) is 6.61 Å². The lowest BCUT2D eigenvalue weighted by Crippen LogP contribution is -2.45. The first-order valence-electron chi connectivity index (χ1n) is 7.55. The number of alkyl carbamates (subject to hydrolysis) is 1. The van der Waals surface area contributed by atoms with E-state index in [1.165, 1.54) is 0 Å². The van der Waals surface area contributed by atoms with Crippen molar-refractivity contribution in [2.24, 2.45) is 5.92 Å². The number of amides is 1. The average Bonchev–Trinajstić information content (AvgIpc) is 2.83. The van der Waals surface area contributed by atoms with Crippen LogP contribution in [-0.2, 0) is 20.7 Å². The number of ether oxygens (including phenoxy) is 2. The van der Waals surface area contributed by atoms with Gasteiger partial charge in [0.25, 0.3) is 0 Å². The van der Waals surface area contributed by atoms with Gasteiger partial charge in [-0.25, -0.2) is 4.79 Å². The van der Waals surface area contributed by atoms with Crippen molar-refractivity contribution in [1.82, 2.24) is 5.32 Å². The molecule has 0 saturated carbocycles. The maximum Gasteiger partial charge on any atom is 0.407 e. The molecule has 0 aromatic heterocycles. The highest BCUT2D eigenvalue weighted by Gasteiger charge is 2.36. The minimum absolute atomic E-state index is 0.253. The third-order valence-electron chi connectivity index (χ3n) is 3.46. The third kappa shape index (κ3) is 4.76. The van der Waals surface area contributed by atoms with Crippen LogP contribution in [0, 0.1) is 5.92 Å². The first-order chi connectivity index (χ1) is 10.3. The number of esters is 1. The zero-order valence-corrected chi connectivity index (χ0v) is 13.3. The van der Waals surface area contributed by atoms with Gasteiger partial charge >= 0.3 is 12.1 Å². The third-order valence-corrected chi connectivity index (χ3v) is 3.46. The molecular weight excluding hydrogens is 282 g/mol. The van der Waals surface area contributed by atoms with Crippen molar-refractivity contribution in [3.05, 3.63) is 35.9 Å². The van der Waals surface area contributed by atoms with E-state index in [0.29, 0.717) is 19.4 Å². The summed E-state index contributed by atoms with van der Waals surface area (Å²) in [4.78, 5) is 23.9. The van der Waals surface area contributed by atoms with Gasteiger partial charge in [-0.3, -0.25) is 4.79 Å². The predicted octanol–water partition coefficient (Wildman–Crippen LogP) is 2.69. The van der Waals surface area contributed by atoms with E-state index < -0.39 is 11.7 Å². The number of hydrogen-bond donors (Lipinski definition) is 1. The number of carbonyl (C=O) groups excluding carboxylic acids is 2. The normalized spacial score (nSPS) is 19.4.